The van der Waals surface area contributed by atoms with Crippen LogP contribution in [0, 0.1) is 0 Å². The fraction of sp³-hybridized carbons (Fsp3) is 0. The molecule has 4 heteroatoms. The van der Waals surface area contributed by atoms with Gasteiger partial charge in [0.2, 0.25) is 0 Å². The molecule has 0 fully saturated rings. The van der Waals surface area contributed by atoms with Crippen molar-refractivity contribution in [3.05, 3.63) is 164 Å². The number of benzene rings is 8. The summed E-state index contributed by atoms with van der Waals surface area (Å²) in [5.41, 5.74) is 6.69. The van der Waals surface area contributed by atoms with Crippen molar-refractivity contribution in [3.63, 3.8) is 0 Å². The Kier molecular flexibility index (Phi) is 6.15. The van der Waals surface area contributed by atoms with Crippen molar-refractivity contribution < 1.29 is 4.42 Å². The second-order valence-electron chi connectivity index (χ2n) is 12.4. The molecule has 0 amide bonds. The number of fused-ring (bicyclic) bond motifs is 7. The van der Waals surface area contributed by atoms with E-state index in [0.29, 0.717) is 17.5 Å². The molecular formula is C45H27N3O. The van der Waals surface area contributed by atoms with Crippen molar-refractivity contribution in [2.45, 2.75) is 0 Å². The Bertz CT molecular complexity index is 2790. The van der Waals surface area contributed by atoms with E-state index < -0.39 is 0 Å². The molecule has 0 aliphatic heterocycles. The van der Waals surface area contributed by atoms with Crippen LogP contribution in [0.15, 0.2) is 168 Å². The molecule has 2 aromatic heterocycles. The molecule has 0 bridgehead atoms. The minimum Gasteiger partial charge on any atom is -0.455 e. The molecule has 0 unspecified atom stereocenters. The van der Waals surface area contributed by atoms with E-state index in [9.17, 15) is 0 Å². The van der Waals surface area contributed by atoms with Crippen LogP contribution >= 0.6 is 0 Å². The van der Waals surface area contributed by atoms with E-state index in [1.165, 1.54) is 10.8 Å². The van der Waals surface area contributed by atoms with Crippen LogP contribution in [0.1, 0.15) is 0 Å². The quantitative estimate of drug-likeness (QED) is 0.195. The maximum absolute atomic E-state index is 6.67. The lowest BCUT2D eigenvalue weighted by Gasteiger charge is -2.13. The van der Waals surface area contributed by atoms with Crippen LogP contribution in [0.25, 0.3) is 99.5 Å². The van der Waals surface area contributed by atoms with Gasteiger partial charge in [0.15, 0.2) is 17.5 Å². The molecule has 10 aromatic rings. The average molecular weight is 626 g/mol. The minimum absolute atomic E-state index is 0.600. The fourth-order valence-corrected chi connectivity index (χ4v) is 7.09. The van der Waals surface area contributed by atoms with Crippen LogP contribution in [0.3, 0.4) is 0 Å². The summed E-state index contributed by atoms with van der Waals surface area (Å²) in [6.07, 6.45) is 0. The third kappa shape index (κ3) is 4.57. The molecule has 228 valence electrons. The van der Waals surface area contributed by atoms with Gasteiger partial charge in [-0.2, -0.15) is 0 Å². The third-order valence-corrected chi connectivity index (χ3v) is 9.48. The Morgan fingerprint density at radius 3 is 1.61 bits per heavy atom. The normalized spacial score (nSPS) is 11.7. The molecule has 10 rings (SSSR count). The smallest absolute Gasteiger partial charge is 0.164 e. The van der Waals surface area contributed by atoms with E-state index >= 15 is 0 Å². The van der Waals surface area contributed by atoms with Crippen molar-refractivity contribution in [2.24, 2.45) is 0 Å². The lowest BCUT2D eigenvalue weighted by Crippen LogP contribution is -2.01. The summed E-state index contributed by atoms with van der Waals surface area (Å²) < 4.78 is 6.67. The number of furan rings is 1. The molecule has 8 aromatic carbocycles. The van der Waals surface area contributed by atoms with Crippen molar-refractivity contribution >= 4 is 54.3 Å². The van der Waals surface area contributed by atoms with E-state index in [-0.39, 0.29) is 0 Å². The molecule has 2 heterocycles. The number of nitrogens with zero attached hydrogens (tertiary/aromatic N) is 3. The number of rotatable bonds is 4. The van der Waals surface area contributed by atoms with Crippen LogP contribution in [0.4, 0.5) is 0 Å². The maximum atomic E-state index is 6.67. The number of aromatic nitrogens is 3. The minimum atomic E-state index is 0.600. The SMILES string of the molecule is c1ccc(-c2cccc3c2cc(-c2nc(-c4ccc5ccccc5c4)nc(-c4ccc5ccccc5c4)n2)c2c4ccccc4oc32)cc1. The van der Waals surface area contributed by atoms with Gasteiger partial charge >= 0.3 is 0 Å². The predicted molar refractivity (Wildman–Crippen MR) is 201 cm³/mol. The first-order chi connectivity index (χ1) is 24.3. The van der Waals surface area contributed by atoms with Crippen molar-refractivity contribution in [3.8, 4) is 45.3 Å². The first-order valence-electron chi connectivity index (χ1n) is 16.4. The van der Waals surface area contributed by atoms with Crippen LogP contribution < -0.4 is 0 Å². The first kappa shape index (κ1) is 27.5. The summed E-state index contributed by atoms with van der Waals surface area (Å²) in [5, 5.41) is 8.76. The highest BCUT2D eigenvalue weighted by Gasteiger charge is 2.21. The molecule has 0 atom stereocenters. The molecule has 4 nitrogen and oxygen atoms in total. The lowest BCUT2D eigenvalue weighted by molar-refractivity contribution is 0.672. The van der Waals surface area contributed by atoms with Gasteiger partial charge in [0.25, 0.3) is 0 Å². The Morgan fingerprint density at radius 1 is 0.347 bits per heavy atom. The van der Waals surface area contributed by atoms with E-state index in [1.54, 1.807) is 0 Å². The zero-order valence-corrected chi connectivity index (χ0v) is 26.3. The molecule has 0 radical (unpaired) electrons. The van der Waals surface area contributed by atoms with Crippen molar-refractivity contribution in [1.29, 1.82) is 0 Å². The van der Waals surface area contributed by atoms with Crippen LogP contribution in [0.5, 0.6) is 0 Å². The highest BCUT2D eigenvalue weighted by Crippen LogP contribution is 2.43. The summed E-state index contributed by atoms with van der Waals surface area (Å²) in [5.74, 6) is 1.84. The van der Waals surface area contributed by atoms with Gasteiger partial charge in [-0.3, -0.25) is 0 Å². The number of hydrogen-bond acceptors (Lipinski definition) is 4. The second kappa shape index (κ2) is 11.0. The zero-order valence-electron chi connectivity index (χ0n) is 26.3. The molecule has 0 aliphatic rings. The van der Waals surface area contributed by atoms with E-state index in [2.05, 4.69) is 146 Å². The Labute approximate surface area is 282 Å². The van der Waals surface area contributed by atoms with E-state index in [1.807, 2.05) is 18.2 Å². The molecule has 49 heavy (non-hydrogen) atoms. The third-order valence-electron chi connectivity index (χ3n) is 9.48. The summed E-state index contributed by atoms with van der Waals surface area (Å²) in [6.45, 7) is 0. The monoisotopic (exact) mass is 625 g/mol. The van der Waals surface area contributed by atoms with Gasteiger partial charge in [0.05, 0.1) is 0 Å². The van der Waals surface area contributed by atoms with Crippen LogP contribution in [-0.2, 0) is 0 Å². The van der Waals surface area contributed by atoms with Gasteiger partial charge in [0, 0.05) is 32.8 Å². The topological polar surface area (TPSA) is 51.8 Å². The van der Waals surface area contributed by atoms with Crippen molar-refractivity contribution in [1.82, 2.24) is 15.0 Å². The van der Waals surface area contributed by atoms with Gasteiger partial charge in [-0.25, -0.2) is 15.0 Å². The largest absolute Gasteiger partial charge is 0.455 e. The molecule has 0 aliphatic carbocycles. The average Bonchev–Trinajstić information content (AvgIpc) is 3.57. The Balaban J connectivity index is 1.30. The maximum Gasteiger partial charge on any atom is 0.164 e. The summed E-state index contributed by atoms with van der Waals surface area (Å²) in [7, 11) is 0. The molecule has 0 saturated heterocycles. The molecule has 0 saturated carbocycles. The summed E-state index contributed by atoms with van der Waals surface area (Å²) >= 11 is 0. The summed E-state index contributed by atoms with van der Waals surface area (Å²) in [6, 6.07) is 56.9. The van der Waals surface area contributed by atoms with Crippen molar-refractivity contribution in [2.75, 3.05) is 0 Å². The van der Waals surface area contributed by atoms with E-state index in [0.717, 1.165) is 71.3 Å². The lowest BCUT2D eigenvalue weighted by atomic mass is 9.93. The number of para-hydroxylation sites is 1. The zero-order chi connectivity index (χ0) is 32.3. The van der Waals surface area contributed by atoms with Gasteiger partial charge in [0.1, 0.15) is 11.2 Å². The predicted octanol–water partition coefficient (Wildman–Crippen LogP) is 11.9. The molecular weight excluding hydrogens is 599 g/mol. The second-order valence-corrected chi connectivity index (χ2v) is 12.4. The Hall–Kier alpha value is -6.65. The van der Waals surface area contributed by atoms with Gasteiger partial charge in [-0.15, -0.1) is 0 Å². The number of hydrogen-bond donors (Lipinski definition) is 0. The summed E-state index contributed by atoms with van der Waals surface area (Å²) in [4.78, 5) is 15.6. The Morgan fingerprint density at radius 2 is 0.918 bits per heavy atom. The highest BCUT2D eigenvalue weighted by atomic mass is 16.3. The van der Waals surface area contributed by atoms with Crippen LogP contribution in [-0.4, -0.2) is 15.0 Å². The first-order valence-corrected chi connectivity index (χ1v) is 16.4. The van der Waals surface area contributed by atoms with Gasteiger partial charge < -0.3 is 4.42 Å². The molecule has 0 spiro atoms. The molecule has 0 N–H and O–H groups in total. The highest BCUT2D eigenvalue weighted by molar-refractivity contribution is 6.22. The van der Waals surface area contributed by atoms with Gasteiger partial charge in [-0.05, 0) is 62.3 Å². The van der Waals surface area contributed by atoms with Crippen LogP contribution in [0.2, 0.25) is 0 Å². The van der Waals surface area contributed by atoms with E-state index in [4.69, 9.17) is 19.4 Å². The standard InChI is InChI=1S/C45H27N3O/c1-2-13-30(14-3-1)35-18-10-19-36-38(35)27-39(41-37-17-8-9-20-40(37)49-42(36)41)45-47-43(33-23-21-28-11-4-6-15-31(28)25-33)46-44(48-45)34-24-22-29-12-5-7-16-32(29)26-34/h1-27H. The van der Waals surface area contributed by atoms with Gasteiger partial charge in [-0.1, -0.05) is 140 Å². The fourth-order valence-electron chi connectivity index (χ4n) is 7.09.